The van der Waals surface area contributed by atoms with Crippen LogP contribution in [0.25, 0.3) is 0 Å². The van der Waals surface area contributed by atoms with Gasteiger partial charge in [-0.15, -0.1) is 5.10 Å². The van der Waals surface area contributed by atoms with Gasteiger partial charge in [-0.1, -0.05) is 17.3 Å². The number of nitrogens with zero attached hydrogens (tertiary/aromatic N) is 4. The molecule has 1 heterocycles. The van der Waals surface area contributed by atoms with E-state index in [0.717, 1.165) is 11.3 Å². The van der Waals surface area contributed by atoms with Crippen LogP contribution in [0.4, 0.5) is 5.69 Å². The molecule has 2 rings (SSSR count). The van der Waals surface area contributed by atoms with E-state index >= 15 is 0 Å². The lowest BCUT2D eigenvalue weighted by Crippen LogP contribution is -2.10. The Labute approximate surface area is 114 Å². The van der Waals surface area contributed by atoms with Gasteiger partial charge in [0.1, 0.15) is 11.8 Å². The van der Waals surface area contributed by atoms with E-state index in [9.17, 15) is 5.11 Å². The summed E-state index contributed by atoms with van der Waals surface area (Å²) in [6.45, 7) is 0. The van der Waals surface area contributed by atoms with E-state index in [0.29, 0.717) is 10.3 Å². The molecule has 5 nitrogen and oxygen atoms in total. The molecule has 1 aromatic heterocycles. The first-order valence-electron chi connectivity index (χ1n) is 5.51. The Bertz CT molecular complexity index is 516. The van der Waals surface area contributed by atoms with E-state index in [1.165, 1.54) is 0 Å². The molecule has 0 aliphatic heterocycles. The number of aromatic nitrogens is 3. The standard InChI is InChI=1S/C12H15BrN4O/c1-16(2)9-6-4-8(5-7-9)11(18)10-12(13)14-15-17(10)3/h4-7,11,18H,1-3H3. The van der Waals surface area contributed by atoms with Crippen LogP contribution in [-0.4, -0.2) is 34.2 Å². The van der Waals surface area contributed by atoms with Crippen LogP contribution in [0, 0.1) is 0 Å². The fraction of sp³-hybridized carbons (Fsp3) is 0.333. The summed E-state index contributed by atoms with van der Waals surface area (Å²) < 4.78 is 2.13. The molecule has 0 radical (unpaired) electrons. The van der Waals surface area contributed by atoms with Crippen molar-refractivity contribution in [3.63, 3.8) is 0 Å². The average Bonchev–Trinajstić information content (AvgIpc) is 2.68. The van der Waals surface area contributed by atoms with Crippen LogP contribution in [0.2, 0.25) is 0 Å². The molecule has 2 aromatic rings. The molecule has 0 fully saturated rings. The van der Waals surface area contributed by atoms with E-state index < -0.39 is 6.10 Å². The maximum atomic E-state index is 10.3. The maximum Gasteiger partial charge on any atom is 0.154 e. The second-order valence-corrected chi connectivity index (χ2v) is 5.03. The summed E-state index contributed by atoms with van der Waals surface area (Å²) in [7, 11) is 5.71. The van der Waals surface area contributed by atoms with E-state index in [2.05, 4.69) is 26.2 Å². The van der Waals surface area contributed by atoms with Gasteiger partial charge in [0.25, 0.3) is 0 Å². The second kappa shape index (κ2) is 5.07. The summed E-state index contributed by atoms with van der Waals surface area (Å²) >= 11 is 3.29. The van der Waals surface area contributed by atoms with Crippen molar-refractivity contribution in [1.29, 1.82) is 0 Å². The Morgan fingerprint density at radius 2 is 1.89 bits per heavy atom. The van der Waals surface area contributed by atoms with Crippen LogP contribution in [0.3, 0.4) is 0 Å². The van der Waals surface area contributed by atoms with Crippen molar-refractivity contribution in [1.82, 2.24) is 15.0 Å². The van der Waals surface area contributed by atoms with Gasteiger partial charge in [0, 0.05) is 26.8 Å². The zero-order valence-electron chi connectivity index (χ0n) is 10.5. The van der Waals surface area contributed by atoms with E-state index in [-0.39, 0.29) is 0 Å². The van der Waals surface area contributed by atoms with Crippen molar-refractivity contribution in [2.45, 2.75) is 6.10 Å². The van der Waals surface area contributed by atoms with Crippen molar-refractivity contribution in [2.24, 2.45) is 7.05 Å². The summed E-state index contributed by atoms with van der Waals surface area (Å²) in [4.78, 5) is 2.01. The molecule has 0 saturated heterocycles. The topological polar surface area (TPSA) is 54.2 Å². The van der Waals surface area contributed by atoms with Gasteiger partial charge in [-0.3, -0.25) is 0 Å². The Morgan fingerprint density at radius 3 is 2.33 bits per heavy atom. The molecule has 1 N–H and O–H groups in total. The van der Waals surface area contributed by atoms with Gasteiger partial charge in [-0.25, -0.2) is 4.68 Å². The minimum atomic E-state index is -0.740. The van der Waals surface area contributed by atoms with E-state index in [4.69, 9.17) is 0 Å². The molecule has 1 atom stereocenters. The smallest absolute Gasteiger partial charge is 0.154 e. The van der Waals surface area contributed by atoms with Crippen molar-refractivity contribution in [2.75, 3.05) is 19.0 Å². The summed E-state index contributed by atoms with van der Waals surface area (Å²) in [5.74, 6) is 0. The summed E-state index contributed by atoms with van der Waals surface area (Å²) in [6, 6.07) is 7.74. The van der Waals surface area contributed by atoms with Crippen LogP contribution < -0.4 is 4.90 Å². The fourth-order valence-corrected chi connectivity index (χ4v) is 2.29. The van der Waals surface area contributed by atoms with Crippen molar-refractivity contribution >= 4 is 21.6 Å². The van der Waals surface area contributed by atoms with E-state index in [1.807, 2.05) is 43.3 Å². The molecule has 0 saturated carbocycles. The molecule has 1 aromatic carbocycles. The number of anilines is 1. The molecule has 0 aliphatic carbocycles. The Balaban J connectivity index is 2.32. The monoisotopic (exact) mass is 310 g/mol. The van der Waals surface area contributed by atoms with Gasteiger partial charge in [0.2, 0.25) is 0 Å². The molecule has 0 bridgehead atoms. The van der Waals surface area contributed by atoms with Crippen LogP contribution in [0.5, 0.6) is 0 Å². The van der Waals surface area contributed by atoms with Gasteiger partial charge in [0.15, 0.2) is 4.60 Å². The number of rotatable bonds is 3. The zero-order chi connectivity index (χ0) is 13.3. The zero-order valence-corrected chi connectivity index (χ0v) is 12.1. The first-order chi connectivity index (χ1) is 8.50. The number of aliphatic hydroxyl groups excluding tert-OH is 1. The Hall–Kier alpha value is -1.40. The third-order valence-corrected chi connectivity index (χ3v) is 3.38. The number of hydrogen-bond acceptors (Lipinski definition) is 4. The number of halogens is 1. The number of aryl methyl sites for hydroxylation is 1. The second-order valence-electron chi connectivity index (χ2n) is 4.28. The molecule has 0 aliphatic rings. The lowest BCUT2D eigenvalue weighted by molar-refractivity contribution is 0.209. The summed E-state index contributed by atoms with van der Waals surface area (Å²) in [5, 5.41) is 18.1. The van der Waals surface area contributed by atoms with Gasteiger partial charge >= 0.3 is 0 Å². The molecule has 18 heavy (non-hydrogen) atoms. The maximum absolute atomic E-state index is 10.3. The highest BCUT2D eigenvalue weighted by Crippen LogP contribution is 2.27. The molecular formula is C12H15BrN4O. The SMILES string of the molecule is CN(C)c1ccc(C(O)c2c(Br)nnn2C)cc1. The highest BCUT2D eigenvalue weighted by Gasteiger charge is 2.19. The molecule has 96 valence electrons. The van der Waals surface area contributed by atoms with Crippen molar-refractivity contribution in [3.8, 4) is 0 Å². The first kappa shape index (κ1) is 13.0. The van der Waals surface area contributed by atoms with Crippen molar-refractivity contribution in [3.05, 3.63) is 40.1 Å². The van der Waals surface area contributed by atoms with Crippen molar-refractivity contribution < 1.29 is 5.11 Å². The fourth-order valence-electron chi connectivity index (χ4n) is 1.74. The number of hydrogen-bond donors (Lipinski definition) is 1. The van der Waals surface area contributed by atoms with Crippen LogP contribution >= 0.6 is 15.9 Å². The predicted molar refractivity (Wildman–Crippen MR) is 73.5 cm³/mol. The number of aliphatic hydroxyl groups is 1. The molecular weight excluding hydrogens is 296 g/mol. The Kier molecular flexibility index (Phi) is 3.68. The van der Waals surface area contributed by atoms with E-state index in [1.54, 1.807) is 11.7 Å². The third-order valence-electron chi connectivity index (χ3n) is 2.81. The minimum absolute atomic E-state index is 0.564. The molecule has 1 unspecified atom stereocenters. The van der Waals surface area contributed by atoms with Gasteiger partial charge in [0.05, 0.1) is 0 Å². The Morgan fingerprint density at radius 1 is 1.28 bits per heavy atom. The van der Waals surface area contributed by atoms with Crippen LogP contribution in [0.1, 0.15) is 17.4 Å². The number of benzene rings is 1. The van der Waals surface area contributed by atoms with Gasteiger partial charge in [-0.05, 0) is 33.6 Å². The normalized spacial score (nSPS) is 12.5. The average molecular weight is 311 g/mol. The van der Waals surface area contributed by atoms with Gasteiger partial charge in [-0.2, -0.15) is 0 Å². The lowest BCUT2D eigenvalue weighted by atomic mass is 10.1. The lowest BCUT2D eigenvalue weighted by Gasteiger charge is -2.15. The predicted octanol–water partition coefficient (Wildman–Crippen LogP) is 1.73. The molecule has 0 amide bonds. The molecule has 6 heteroatoms. The molecule has 0 spiro atoms. The summed E-state index contributed by atoms with van der Waals surface area (Å²) in [5.41, 5.74) is 2.55. The first-order valence-corrected chi connectivity index (χ1v) is 6.30. The summed E-state index contributed by atoms with van der Waals surface area (Å²) in [6.07, 6.45) is -0.740. The minimum Gasteiger partial charge on any atom is -0.382 e. The highest BCUT2D eigenvalue weighted by atomic mass is 79.9. The highest BCUT2D eigenvalue weighted by molar-refractivity contribution is 9.10. The van der Waals surface area contributed by atoms with Crippen LogP contribution in [-0.2, 0) is 7.05 Å². The quantitative estimate of drug-likeness (QED) is 0.938. The van der Waals surface area contributed by atoms with Crippen LogP contribution in [0.15, 0.2) is 28.9 Å². The van der Waals surface area contributed by atoms with Gasteiger partial charge < -0.3 is 10.0 Å². The largest absolute Gasteiger partial charge is 0.382 e. The third kappa shape index (κ3) is 2.39.